The highest BCUT2D eigenvalue weighted by atomic mass is 32.1. The second-order valence-electron chi connectivity index (χ2n) is 5.92. The summed E-state index contributed by atoms with van der Waals surface area (Å²) >= 11 is 1.74. The van der Waals surface area contributed by atoms with Gasteiger partial charge >= 0.3 is 0 Å². The molecule has 0 saturated carbocycles. The van der Waals surface area contributed by atoms with Gasteiger partial charge < -0.3 is 10.2 Å². The molecule has 4 heteroatoms. The first kappa shape index (κ1) is 14.7. The average Bonchev–Trinajstić information content (AvgIpc) is 2.97. The predicted molar refractivity (Wildman–Crippen MR) is 89.5 cm³/mol. The first-order valence-corrected chi connectivity index (χ1v) is 8.58. The van der Waals surface area contributed by atoms with E-state index >= 15 is 0 Å². The summed E-state index contributed by atoms with van der Waals surface area (Å²) in [5, 5.41) is 6.81. The van der Waals surface area contributed by atoms with E-state index < -0.39 is 0 Å². The van der Waals surface area contributed by atoms with Crippen molar-refractivity contribution >= 4 is 11.3 Å². The van der Waals surface area contributed by atoms with Crippen LogP contribution in [0.2, 0.25) is 0 Å². The molecule has 0 amide bonds. The molecule has 0 spiro atoms. The minimum Gasteiger partial charge on any atom is -0.316 e. The Morgan fingerprint density at radius 2 is 2.19 bits per heavy atom. The van der Waals surface area contributed by atoms with Gasteiger partial charge in [0.15, 0.2) is 0 Å². The highest BCUT2D eigenvalue weighted by molar-refractivity contribution is 7.13. The molecule has 1 N–H and O–H groups in total. The fourth-order valence-electron chi connectivity index (χ4n) is 2.95. The van der Waals surface area contributed by atoms with Crippen molar-refractivity contribution < 1.29 is 0 Å². The molecule has 1 atom stereocenters. The monoisotopic (exact) mass is 301 g/mol. The molecule has 1 aliphatic rings. The van der Waals surface area contributed by atoms with Crippen LogP contribution in [0.3, 0.4) is 0 Å². The van der Waals surface area contributed by atoms with Crippen molar-refractivity contribution in [1.29, 1.82) is 0 Å². The lowest BCUT2D eigenvalue weighted by Crippen LogP contribution is -2.36. The van der Waals surface area contributed by atoms with Crippen LogP contribution in [0.1, 0.15) is 18.5 Å². The molecule has 2 heterocycles. The van der Waals surface area contributed by atoms with E-state index in [0.29, 0.717) is 0 Å². The van der Waals surface area contributed by atoms with Crippen LogP contribution >= 0.6 is 11.3 Å². The lowest BCUT2D eigenvalue weighted by atomic mass is 9.99. The number of rotatable bonds is 5. The molecule has 3 nitrogen and oxygen atoms in total. The number of thiazole rings is 1. The molecule has 1 fully saturated rings. The standard InChI is InChI=1S/C17H23N3S/c1-20(11-14-6-5-9-18-10-14)12-16-13-21-17(19-16)15-7-3-2-4-8-15/h2-4,7-8,13-14,18H,5-6,9-12H2,1H3. The van der Waals surface area contributed by atoms with Gasteiger partial charge in [-0.1, -0.05) is 30.3 Å². The SMILES string of the molecule is CN(Cc1csc(-c2ccccc2)n1)CC1CCCNC1. The van der Waals surface area contributed by atoms with Crippen molar-refractivity contribution in [3.8, 4) is 10.6 Å². The molecule has 1 aromatic carbocycles. The van der Waals surface area contributed by atoms with Crippen molar-refractivity contribution in [3.63, 3.8) is 0 Å². The molecular weight excluding hydrogens is 278 g/mol. The Morgan fingerprint density at radius 1 is 1.33 bits per heavy atom. The first-order chi connectivity index (χ1) is 10.3. The maximum atomic E-state index is 4.77. The van der Waals surface area contributed by atoms with E-state index in [1.807, 2.05) is 6.07 Å². The van der Waals surface area contributed by atoms with E-state index in [-0.39, 0.29) is 0 Å². The summed E-state index contributed by atoms with van der Waals surface area (Å²) in [5.74, 6) is 0.788. The molecule has 2 aromatic rings. The summed E-state index contributed by atoms with van der Waals surface area (Å²) in [6, 6.07) is 10.4. The van der Waals surface area contributed by atoms with Crippen molar-refractivity contribution in [2.45, 2.75) is 19.4 Å². The molecule has 0 radical (unpaired) electrons. The Hall–Kier alpha value is -1.23. The zero-order valence-electron chi connectivity index (χ0n) is 12.6. The Labute approximate surface area is 131 Å². The summed E-state index contributed by atoms with van der Waals surface area (Å²) in [4.78, 5) is 7.18. The molecule has 1 aromatic heterocycles. The van der Waals surface area contributed by atoms with Crippen LogP contribution in [0.5, 0.6) is 0 Å². The van der Waals surface area contributed by atoms with Gasteiger partial charge in [0.1, 0.15) is 5.01 Å². The van der Waals surface area contributed by atoms with Crippen LogP contribution in [0, 0.1) is 5.92 Å². The Balaban J connectivity index is 1.56. The van der Waals surface area contributed by atoms with Crippen LogP contribution in [-0.4, -0.2) is 36.6 Å². The smallest absolute Gasteiger partial charge is 0.123 e. The van der Waals surface area contributed by atoms with Crippen LogP contribution < -0.4 is 5.32 Å². The van der Waals surface area contributed by atoms with Gasteiger partial charge in [0.25, 0.3) is 0 Å². The van der Waals surface area contributed by atoms with Gasteiger partial charge in [-0.05, 0) is 38.9 Å². The van der Waals surface area contributed by atoms with Gasteiger partial charge in [-0.3, -0.25) is 0 Å². The van der Waals surface area contributed by atoms with E-state index in [0.717, 1.165) is 30.6 Å². The highest BCUT2D eigenvalue weighted by Crippen LogP contribution is 2.24. The number of hydrogen-bond donors (Lipinski definition) is 1. The third kappa shape index (κ3) is 4.13. The minimum atomic E-state index is 0.788. The molecule has 1 aliphatic heterocycles. The number of piperidine rings is 1. The van der Waals surface area contributed by atoms with Crippen LogP contribution in [0.4, 0.5) is 0 Å². The fourth-order valence-corrected chi connectivity index (χ4v) is 3.77. The van der Waals surface area contributed by atoms with Crippen LogP contribution in [0.25, 0.3) is 10.6 Å². The second kappa shape index (κ2) is 7.16. The summed E-state index contributed by atoms with van der Waals surface area (Å²) in [7, 11) is 2.20. The molecule has 21 heavy (non-hydrogen) atoms. The zero-order valence-corrected chi connectivity index (χ0v) is 13.4. The largest absolute Gasteiger partial charge is 0.316 e. The lowest BCUT2D eigenvalue weighted by molar-refractivity contribution is 0.236. The second-order valence-corrected chi connectivity index (χ2v) is 6.78. The normalized spacial score (nSPS) is 19.0. The Kier molecular flexibility index (Phi) is 5.01. The fraction of sp³-hybridized carbons (Fsp3) is 0.471. The van der Waals surface area contributed by atoms with E-state index in [4.69, 9.17) is 4.98 Å². The number of nitrogens with one attached hydrogen (secondary N) is 1. The van der Waals surface area contributed by atoms with Gasteiger partial charge in [0.05, 0.1) is 5.69 Å². The Morgan fingerprint density at radius 3 is 2.95 bits per heavy atom. The Bertz CT molecular complexity index is 546. The van der Waals surface area contributed by atoms with Gasteiger partial charge in [0, 0.05) is 24.0 Å². The topological polar surface area (TPSA) is 28.2 Å². The minimum absolute atomic E-state index is 0.788. The zero-order chi connectivity index (χ0) is 14.5. The molecule has 0 aliphatic carbocycles. The van der Waals surface area contributed by atoms with Crippen molar-refractivity contribution in [2.24, 2.45) is 5.92 Å². The lowest BCUT2D eigenvalue weighted by Gasteiger charge is -2.27. The van der Waals surface area contributed by atoms with Crippen LogP contribution in [-0.2, 0) is 6.54 Å². The molecule has 112 valence electrons. The van der Waals surface area contributed by atoms with E-state index in [9.17, 15) is 0 Å². The molecular formula is C17H23N3S. The van der Waals surface area contributed by atoms with E-state index in [1.54, 1.807) is 11.3 Å². The van der Waals surface area contributed by atoms with Gasteiger partial charge in [-0.2, -0.15) is 0 Å². The maximum absolute atomic E-state index is 4.77. The van der Waals surface area contributed by atoms with Crippen molar-refractivity contribution in [2.75, 3.05) is 26.7 Å². The number of hydrogen-bond acceptors (Lipinski definition) is 4. The summed E-state index contributed by atoms with van der Waals surface area (Å²) in [6.45, 7) is 4.45. The molecule has 3 rings (SSSR count). The highest BCUT2D eigenvalue weighted by Gasteiger charge is 2.15. The number of benzene rings is 1. The third-order valence-corrected chi connectivity index (χ3v) is 4.91. The maximum Gasteiger partial charge on any atom is 0.123 e. The molecule has 1 saturated heterocycles. The van der Waals surface area contributed by atoms with Crippen molar-refractivity contribution in [1.82, 2.24) is 15.2 Å². The average molecular weight is 301 g/mol. The van der Waals surface area contributed by atoms with Crippen LogP contribution in [0.15, 0.2) is 35.7 Å². The summed E-state index contributed by atoms with van der Waals surface area (Å²) < 4.78 is 0. The molecule has 0 bridgehead atoms. The van der Waals surface area contributed by atoms with Gasteiger partial charge in [-0.15, -0.1) is 11.3 Å². The summed E-state index contributed by atoms with van der Waals surface area (Å²) in [5.41, 5.74) is 2.40. The quantitative estimate of drug-likeness (QED) is 0.919. The number of nitrogens with zero attached hydrogens (tertiary/aromatic N) is 2. The molecule has 1 unspecified atom stereocenters. The van der Waals surface area contributed by atoms with Gasteiger partial charge in [0.2, 0.25) is 0 Å². The third-order valence-electron chi connectivity index (χ3n) is 3.97. The van der Waals surface area contributed by atoms with E-state index in [1.165, 1.54) is 30.6 Å². The first-order valence-electron chi connectivity index (χ1n) is 7.70. The number of aromatic nitrogens is 1. The summed E-state index contributed by atoms with van der Waals surface area (Å²) in [6.07, 6.45) is 2.66. The van der Waals surface area contributed by atoms with E-state index in [2.05, 4.69) is 46.9 Å². The predicted octanol–water partition coefficient (Wildman–Crippen LogP) is 3.24. The van der Waals surface area contributed by atoms with Gasteiger partial charge in [-0.25, -0.2) is 4.98 Å². The van der Waals surface area contributed by atoms with Crippen molar-refractivity contribution in [3.05, 3.63) is 41.4 Å².